The second-order valence-corrected chi connectivity index (χ2v) is 4.88. The molecule has 0 aliphatic carbocycles. The fourth-order valence-electron chi connectivity index (χ4n) is 1.81. The number of alkyl halides is 2. The summed E-state index contributed by atoms with van der Waals surface area (Å²) in [6.45, 7) is -2.90. The maximum absolute atomic E-state index is 12.3. The molecule has 0 unspecified atom stereocenters. The van der Waals surface area contributed by atoms with Crippen molar-refractivity contribution in [1.29, 1.82) is 0 Å². The van der Waals surface area contributed by atoms with Crippen LogP contribution in [-0.4, -0.2) is 25.0 Å². The lowest BCUT2D eigenvalue weighted by Gasteiger charge is -2.09. The maximum Gasteiger partial charge on any atom is 0.387 e. The normalized spacial score (nSPS) is 10.7. The molecule has 0 aromatic heterocycles. The molecule has 0 fully saturated rings. The van der Waals surface area contributed by atoms with Gasteiger partial charge in [0.1, 0.15) is 11.5 Å². The molecule has 0 bridgehead atoms. The minimum Gasteiger partial charge on any atom is -0.497 e. The van der Waals surface area contributed by atoms with Crippen molar-refractivity contribution in [3.8, 4) is 11.5 Å². The number of methoxy groups -OCH3 is 1. The first-order valence-electron chi connectivity index (χ1n) is 6.86. The molecule has 0 aliphatic rings. The Morgan fingerprint density at radius 3 is 2.75 bits per heavy atom. The van der Waals surface area contributed by atoms with E-state index in [-0.39, 0.29) is 10.9 Å². The number of benzene rings is 2. The Labute approximate surface area is 143 Å². The largest absolute Gasteiger partial charge is 0.497 e. The van der Waals surface area contributed by atoms with Gasteiger partial charge in [0, 0.05) is 17.3 Å². The zero-order valence-corrected chi connectivity index (χ0v) is 13.5. The molecular formula is C16H15F2N3O2S. The van der Waals surface area contributed by atoms with Crippen molar-refractivity contribution in [2.75, 3.05) is 12.4 Å². The third-order valence-corrected chi connectivity index (χ3v) is 3.03. The fraction of sp³-hybridized carbons (Fsp3) is 0.125. The van der Waals surface area contributed by atoms with E-state index in [1.54, 1.807) is 37.4 Å². The predicted octanol–water partition coefficient (Wildman–Crippen LogP) is 3.62. The SMILES string of the molecule is COc1cccc(NC(=S)N/N=C\c2ccccc2OC(F)F)c1. The highest BCUT2D eigenvalue weighted by Gasteiger charge is 2.07. The van der Waals surface area contributed by atoms with Crippen molar-refractivity contribution < 1.29 is 18.3 Å². The van der Waals surface area contributed by atoms with E-state index in [0.29, 0.717) is 11.3 Å². The minimum atomic E-state index is -2.90. The Hall–Kier alpha value is -2.74. The Bertz CT molecular complexity index is 726. The van der Waals surface area contributed by atoms with Gasteiger partial charge in [0.05, 0.1) is 13.3 Å². The third-order valence-electron chi connectivity index (χ3n) is 2.83. The van der Waals surface area contributed by atoms with Gasteiger partial charge in [-0.15, -0.1) is 0 Å². The van der Waals surface area contributed by atoms with Crippen LogP contribution in [0.1, 0.15) is 5.56 Å². The van der Waals surface area contributed by atoms with Crippen LogP contribution in [0.4, 0.5) is 14.5 Å². The maximum atomic E-state index is 12.3. The van der Waals surface area contributed by atoms with Crippen LogP contribution in [-0.2, 0) is 0 Å². The molecule has 0 heterocycles. The van der Waals surface area contributed by atoms with Crippen LogP contribution >= 0.6 is 12.2 Å². The standard InChI is InChI=1S/C16H15F2N3O2S/c1-22-13-7-4-6-12(9-13)20-16(24)21-19-10-11-5-2-3-8-14(11)23-15(17)18/h2-10,15H,1H3,(H2,20,21,24)/b19-10-. The Balaban J connectivity index is 1.95. The summed E-state index contributed by atoms with van der Waals surface area (Å²) in [4.78, 5) is 0. The van der Waals surface area contributed by atoms with Gasteiger partial charge in [-0.3, -0.25) is 5.43 Å². The molecule has 5 nitrogen and oxygen atoms in total. The number of ether oxygens (including phenoxy) is 2. The van der Waals surface area contributed by atoms with Crippen LogP contribution in [0.5, 0.6) is 11.5 Å². The van der Waals surface area contributed by atoms with Gasteiger partial charge in [-0.2, -0.15) is 13.9 Å². The Morgan fingerprint density at radius 2 is 2.00 bits per heavy atom. The number of halogens is 2. The lowest BCUT2D eigenvalue weighted by Crippen LogP contribution is -2.23. The number of rotatable bonds is 6. The molecule has 0 atom stereocenters. The molecule has 2 rings (SSSR count). The van der Waals surface area contributed by atoms with Crippen LogP contribution in [0.3, 0.4) is 0 Å². The molecule has 0 saturated heterocycles. The van der Waals surface area contributed by atoms with Crippen molar-refractivity contribution in [2.45, 2.75) is 6.61 Å². The second-order valence-electron chi connectivity index (χ2n) is 4.47. The Kier molecular flexibility index (Phi) is 6.44. The number of hydrogen-bond donors (Lipinski definition) is 2. The number of thiocarbonyl (C=S) groups is 1. The molecule has 0 spiro atoms. The lowest BCUT2D eigenvalue weighted by molar-refractivity contribution is -0.0499. The quantitative estimate of drug-likeness (QED) is 0.473. The first-order valence-corrected chi connectivity index (χ1v) is 7.27. The second kappa shape index (κ2) is 8.78. The predicted molar refractivity (Wildman–Crippen MR) is 93.0 cm³/mol. The summed E-state index contributed by atoms with van der Waals surface area (Å²) in [6, 6.07) is 13.5. The molecule has 2 aromatic rings. The topological polar surface area (TPSA) is 54.9 Å². The smallest absolute Gasteiger partial charge is 0.387 e. The molecule has 2 aromatic carbocycles. The zero-order chi connectivity index (χ0) is 17.4. The summed E-state index contributed by atoms with van der Waals surface area (Å²) in [6.07, 6.45) is 1.34. The van der Waals surface area contributed by atoms with Gasteiger partial charge in [0.25, 0.3) is 0 Å². The van der Waals surface area contributed by atoms with E-state index in [4.69, 9.17) is 17.0 Å². The van der Waals surface area contributed by atoms with E-state index >= 15 is 0 Å². The summed E-state index contributed by atoms with van der Waals surface area (Å²) >= 11 is 5.11. The molecule has 24 heavy (non-hydrogen) atoms. The van der Waals surface area contributed by atoms with E-state index < -0.39 is 6.61 Å². The highest BCUT2D eigenvalue weighted by atomic mass is 32.1. The highest BCUT2D eigenvalue weighted by Crippen LogP contribution is 2.18. The number of hydrogen-bond acceptors (Lipinski definition) is 4. The summed E-state index contributed by atoms with van der Waals surface area (Å²) in [5.41, 5.74) is 3.73. The van der Waals surface area contributed by atoms with Crippen molar-refractivity contribution in [3.05, 3.63) is 54.1 Å². The number of nitrogens with zero attached hydrogens (tertiary/aromatic N) is 1. The van der Waals surface area contributed by atoms with E-state index in [1.165, 1.54) is 12.3 Å². The lowest BCUT2D eigenvalue weighted by atomic mass is 10.2. The average Bonchev–Trinajstić information content (AvgIpc) is 2.56. The molecule has 0 amide bonds. The molecule has 126 valence electrons. The zero-order valence-electron chi connectivity index (χ0n) is 12.7. The van der Waals surface area contributed by atoms with Crippen LogP contribution in [0, 0.1) is 0 Å². The summed E-state index contributed by atoms with van der Waals surface area (Å²) in [5, 5.41) is 7.08. The van der Waals surface area contributed by atoms with Crippen molar-refractivity contribution in [2.24, 2.45) is 5.10 Å². The molecule has 0 radical (unpaired) electrons. The Morgan fingerprint density at radius 1 is 1.21 bits per heavy atom. The molecular weight excluding hydrogens is 336 g/mol. The third kappa shape index (κ3) is 5.47. The van der Waals surface area contributed by atoms with Crippen LogP contribution in [0.25, 0.3) is 0 Å². The van der Waals surface area contributed by atoms with Gasteiger partial charge in [-0.25, -0.2) is 0 Å². The molecule has 8 heteroatoms. The van der Waals surface area contributed by atoms with Crippen molar-refractivity contribution in [1.82, 2.24) is 5.43 Å². The minimum absolute atomic E-state index is 0.0322. The van der Waals surface area contributed by atoms with Gasteiger partial charge in [-0.1, -0.05) is 18.2 Å². The van der Waals surface area contributed by atoms with E-state index in [1.807, 2.05) is 12.1 Å². The van der Waals surface area contributed by atoms with Gasteiger partial charge in [0.2, 0.25) is 0 Å². The molecule has 0 aliphatic heterocycles. The van der Waals surface area contributed by atoms with Crippen molar-refractivity contribution in [3.63, 3.8) is 0 Å². The van der Waals surface area contributed by atoms with E-state index in [2.05, 4.69) is 20.6 Å². The summed E-state index contributed by atoms with van der Waals surface area (Å²) in [7, 11) is 1.57. The van der Waals surface area contributed by atoms with Crippen molar-refractivity contribution >= 4 is 29.2 Å². The van der Waals surface area contributed by atoms with Crippen LogP contribution in [0.15, 0.2) is 53.6 Å². The summed E-state index contributed by atoms with van der Waals surface area (Å²) in [5.74, 6) is 0.717. The van der Waals surface area contributed by atoms with Gasteiger partial charge >= 0.3 is 6.61 Å². The number of para-hydroxylation sites is 1. The van der Waals surface area contributed by atoms with E-state index in [0.717, 1.165) is 5.69 Å². The highest BCUT2D eigenvalue weighted by molar-refractivity contribution is 7.80. The van der Waals surface area contributed by atoms with Gasteiger partial charge in [0.15, 0.2) is 5.11 Å². The van der Waals surface area contributed by atoms with Crippen LogP contribution in [0.2, 0.25) is 0 Å². The number of nitrogens with one attached hydrogen (secondary N) is 2. The van der Waals surface area contributed by atoms with Gasteiger partial charge < -0.3 is 14.8 Å². The summed E-state index contributed by atoms with van der Waals surface area (Å²) < 4.78 is 34.2. The first kappa shape index (κ1) is 17.6. The van der Waals surface area contributed by atoms with Crippen LogP contribution < -0.4 is 20.2 Å². The van der Waals surface area contributed by atoms with Gasteiger partial charge in [-0.05, 0) is 36.5 Å². The monoisotopic (exact) mass is 351 g/mol. The molecule has 2 N–H and O–H groups in total. The van der Waals surface area contributed by atoms with E-state index in [9.17, 15) is 8.78 Å². The fourth-order valence-corrected chi connectivity index (χ4v) is 1.98. The number of anilines is 1. The average molecular weight is 351 g/mol. The number of hydrazone groups is 1. The first-order chi connectivity index (χ1) is 11.6. The molecule has 0 saturated carbocycles.